The second-order valence-electron chi connectivity index (χ2n) is 5.14. The summed E-state index contributed by atoms with van der Waals surface area (Å²) < 4.78 is 28.9. The highest BCUT2D eigenvalue weighted by Crippen LogP contribution is 2.15. The maximum absolute atomic E-state index is 12.2. The Morgan fingerprint density at radius 2 is 1.96 bits per heavy atom. The number of rotatable bonds is 6. The molecule has 2 aromatic carbocycles. The van der Waals surface area contributed by atoms with E-state index in [1.165, 1.54) is 12.1 Å². The van der Waals surface area contributed by atoms with Gasteiger partial charge in [0, 0.05) is 18.1 Å². The molecule has 0 saturated carbocycles. The SMILES string of the molecule is O=S(=O)(NCCCn1cnc2ccccc21)c1cccc(Cl)c1. The van der Waals surface area contributed by atoms with Gasteiger partial charge in [0.25, 0.3) is 0 Å². The molecular weight excluding hydrogens is 334 g/mol. The lowest BCUT2D eigenvalue weighted by atomic mass is 10.3. The van der Waals surface area contributed by atoms with Gasteiger partial charge in [-0.15, -0.1) is 0 Å². The first kappa shape index (κ1) is 16.0. The van der Waals surface area contributed by atoms with E-state index in [0.29, 0.717) is 24.5 Å². The number of nitrogens with one attached hydrogen (secondary N) is 1. The Bertz CT molecular complexity index is 922. The topological polar surface area (TPSA) is 64.0 Å². The number of hydrogen-bond donors (Lipinski definition) is 1. The van der Waals surface area contributed by atoms with E-state index in [1.54, 1.807) is 18.5 Å². The third-order valence-corrected chi connectivity index (χ3v) is 5.20. The first-order valence-electron chi connectivity index (χ1n) is 7.21. The first-order valence-corrected chi connectivity index (χ1v) is 9.07. The molecule has 7 heteroatoms. The van der Waals surface area contributed by atoms with E-state index < -0.39 is 10.0 Å². The summed E-state index contributed by atoms with van der Waals surface area (Å²) in [6.07, 6.45) is 2.44. The van der Waals surface area contributed by atoms with Crippen molar-refractivity contribution in [2.45, 2.75) is 17.9 Å². The van der Waals surface area contributed by atoms with Gasteiger partial charge in [-0.1, -0.05) is 29.8 Å². The monoisotopic (exact) mass is 349 g/mol. The zero-order valence-corrected chi connectivity index (χ0v) is 13.9. The molecule has 0 bridgehead atoms. The van der Waals surface area contributed by atoms with E-state index in [2.05, 4.69) is 9.71 Å². The molecule has 1 aromatic heterocycles. The Kier molecular flexibility index (Phi) is 4.66. The number of fused-ring (bicyclic) bond motifs is 1. The fraction of sp³-hybridized carbons (Fsp3) is 0.188. The summed E-state index contributed by atoms with van der Waals surface area (Å²) in [4.78, 5) is 4.49. The fourth-order valence-corrected chi connectivity index (χ4v) is 3.74. The van der Waals surface area contributed by atoms with Crippen LogP contribution in [0.2, 0.25) is 5.02 Å². The van der Waals surface area contributed by atoms with Crippen LogP contribution in [0.4, 0.5) is 0 Å². The highest BCUT2D eigenvalue weighted by atomic mass is 35.5. The Balaban J connectivity index is 1.59. The molecule has 0 fully saturated rings. The lowest BCUT2D eigenvalue weighted by Gasteiger charge is -2.08. The van der Waals surface area contributed by atoms with Crippen molar-refractivity contribution in [2.75, 3.05) is 6.54 Å². The molecular formula is C16H16ClN3O2S. The molecule has 0 aliphatic carbocycles. The van der Waals surface area contributed by atoms with Crippen molar-refractivity contribution in [3.63, 3.8) is 0 Å². The van der Waals surface area contributed by atoms with Crippen molar-refractivity contribution < 1.29 is 8.42 Å². The minimum Gasteiger partial charge on any atom is -0.331 e. The number of aryl methyl sites for hydroxylation is 1. The minimum atomic E-state index is -3.53. The number of imidazole rings is 1. The van der Waals surface area contributed by atoms with E-state index >= 15 is 0 Å². The van der Waals surface area contributed by atoms with Gasteiger partial charge in [0.15, 0.2) is 0 Å². The number of benzene rings is 2. The lowest BCUT2D eigenvalue weighted by Crippen LogP contribution is -2.25. The van der Waals surface area contributed by atoms with Crippen molar-refractivity contribution in [3.8, 4) is 0 Å². The summed E-state index contributed by atoms with van der Waals surface area (Å²) in [5.74, 6) is 0. The summed E-state index contributed by atoms with van der Waals surface area (Å²) in [6.45, 7) is 1.04. The second kappa shape index (κ2) is 6.70. The zero-order valence-electron chi connectivity index (χ0n) is 12.3. The van der Waals surface area contributed by atoms with E-state index in [-0.39, 0.29) is 4.90 Å². The molecule has 0 unspecified atom stereocenters. The molecule has 0 atom stereocenters. The van der Waals surface area contributed by atoms with E-state index in [4.69, 9.17) is 11.6 Å². The number of halogens is 1. The van der Waals surface area contributed by atoms with Gasteiger partial charge in [-0.2, -0.15) is 0 Å². The highest BCUT2D eigenvalue weighted by molar-refractivity contribution is 7.89. The summed E-state index contributed by atoms with van der Waals surface area (Å²) in [7, 11) is -3.53. The van der Waals surface area contributed by atoms with Crippen molar-refractivity contribution in [1.82, 2.24) is 14.3 Å². The minimum absolute atomic E-state index is 0.179. The van der Waals surface area contributed by atoms with Gasteiger partial charge in [-0.25, -0.2) is 18.1 Å². The molecule has 0 saturated heterocycles. The van der Waals surface area contributed by atoms with Crippen LogP contribution >= 0.6 is 11.6 Å². The van der Waals surface area contributed by atoms with Crippen LogP contribution in [-0.2, 0) is 16.6 Å². The van der Waals surface area contributed by atoms with Crippen molar-refractivity contribution in [3.05, 3.63) is 59.9 Å². The molecule has 120 valence electrons. The van der Waals surface area contributed by atoms with Crippen LogP contribution in [0.25, 0.3) is 11.0 Å². The average molecular weight is 350 g/mol. The van der Waals surface area contributed by atoms with Crippen LogP contribution in [0, 0.1) is 0 Å². The number of sulfonamides is 1. The average Bonchev–Trinajstić information content (AvgIpc) is 2.95. The molecule has 1 N–H and O–H groups in total. The van der Waals surface area contributed by atoms with E-state index in [1.807, 2.05) is 28.8 Å². The normalized spacial score (nSPS) is 11.9. The first-order chi connectivity index (χ1) is 11.1. The molecule has 5 nitrogen and oxygen atoms in total. The predicted molar refractivity (Wildman–Crippen MR) is 91.0 cm³/mol. The Morgan fingerprint density at radius 1 is 1.13 bits per heavy atom. The molecule has 0 aliphatic heterocycles. The lowest BCUT2D eigenvalue weighted by molar-refractivity contribution is 0.571. The predicted octanol–water partition coefficient (Wildman–Crippen LogP) is 3.06. The van der Waals surface area contributed by atoms with Gasteiger partial charge in [-0.3, -0.25) is 0 Å². The van der Waals surface area contributed by atoms with Crippen LogP contribution in [-0.4, -0.2) is 24.5 Å². The summed E-state index contributed by atoms with van der Waals surface area (Å²) in [5.41, 5.74) is 1.98. The number of aromatic nitrogens is 2. The Hall–Kier alpha value is -1.89. The Morgan fingerprint density at radius 3 is 2.78 bits per heavy atom. The van der Waals surface area contributed by atoms with Gasteiger partial charge >= 0.3 is 0 Å². The van der Waals surface area contributed by atoms with Gasteiger partial charge in [0.1, 0.15) is 0 Å². The third-order valence-electron chi connectivity index (χ3n) is 3.50. The quantitative estimate of drug-likeness (QED) is 0.696. The second-order valence-corrected chi connectivity index (χ2v) is 7.34. The van der Waals surface area contributed by atoms with E-state index in [0.717, 1.165) is 11.0 Å². The molecule has 1 heterocycles. The standard InChI is InChI=1S/C16H16ClN3O2S/c17-13-5-3-6-14(11-13)23(21,22)19-9-4-10-20-12-18-15-7-1-2-8-16(15)20/h1-3,5-8,11-12,19H,4,9-10H2. The molecule has 3 rings (SSSR count). The zero-order chi connectivity index (χ0) is 16.3. The van der Waals surface area contributed by atoms with Gasteiger partial charge in [0.05, 0.1) is 22.3 Å². The molecule has 0 spiro atoms. The van der Waals surface area contributed by atoms with E-state index in [9.17, 15) is 8.42 Å². The van der Waals surface area contributed by atoms with Crippen LogP contribution in [0.15, 0.2) is 59.8 Å². The van der Waals surface area contributed by atoms with Gasteiger partial charge in [-0.05, 0) is 36.8 Å². The Labute approximate surface area is 140 Å². The van der Waals surface area contributed by atoms with Crippen molar-refractivity contribution in [2.24, 2.45) is 0 Å². The third kappa shape index (κ3) is 3.72. The van der Waals surface area contributed by atoms with Gasteiger partial charge in [0.2, 0.25) is 10.0 Å². The number of para-hydroxylation sites is 2. The molecule has 0 amide bonds. The fourth-order valence-electron chi connectivity index (χ4n) is 2.36. The summed E-state index contributed by atoms with van der Waals surface area (Å²) in [5, 5.41) is 0.401. The van der Waals surface area contributed by atoms with Gasteiger partial charge < -0.3 is 4.57 Å². The maximum atomic E-state index is 12.2. The molecule has 0 aliphatic rings. The van der Waals surface area contributed by atoms with Crippen LogP contribution in [0.1, 0.15) is 6.42 Å². The van der Waals surface area contributed by atoms with Crippen LogP contribution < -0.4 is 4.72 Å². The molecule has 3 aromatic rings. The molecule has 0 radical (unpaired) electrons. The van der Waals surface area contributed by atoms with Crippen molar-refractivity contribution in [1.29, 1.82) is 0 Å². The van der Waals surface area contributed by atoms with Crippen LogP contribution in [0.5, 0.6) is 0 Å². The largest absolute Gasteiger partial charge is 0.331 e. The van der Waals surface area contributed by atoms with Crippen LogP contribution in [0.3, 0.4) is 0 Å². The highest BCUT2D eigenvalue weighted by Gasteiger charge is 2.13. The van der Waals surface area contributed by atoms with Crippen molar-refractivity contribution >= 4 is 32.7 Å². The molecule has 23 heavy (non-hydrogen) atoms. The number of nitrogens with zero attached hydrogens (tertiary/aromatic N) is 2. The smallest absolute Gasteiger partial charge is 0.240 e. The summed E-state index contributed by atoms with van der Waals surface area (Å²) in [6, 6.07) is 14.1. The number of hydrogen-bond acceptors (Lipinski definition) is 3. The summed E-state index contributed by atoms with van der Waals surface area (Å²) >= 11 is 5.83. The maximum Gasteiger partial charge on any atom is 0.240 e.